The van der Waals surface area contributed by atoms with Gasteiger partial charge in [0.05, 0.1) is 18.2 Å². The number of carboxylic acid groups (broad SMARTS) is 1. The third kappa shape index (κ3) is 5.14. The summed E-state index contributed by atoms with van der Waals surface area (Å²) in [6.07, 6.45) is 1.36. The number of hydrogen-bond acceptors (Lipinski definition) is 7. The van der Waals surface area contributed by atoms with Crippen molar-refractivity contribution in [3.8, 4) is 11.5 Å². The lowest BCUT2D eigenvalue weighted by atomic mass is 10.2. The summed E-state index contributed by atoms with van der Waals surface area (Å²) in [6, 6.07) is 3.25. The first kappa shape index (κ1) is 19.1. The van der Waals surface area contributed by atoms with Gasteiger partial charge in [-0.2, -0.15) is 0 Å². The first-order chi connectivity index (χ1) is 11.8. The number of carbonyl (C=O) groups is 1. The number of aryl methyl sites for hydroxylation is 1. The molecule has 25 heavy (non-hydrogen) atoms. The molecule has 0 radical (unpaired) electrons. The molecule has 0 aliphatic carbocycles. The van der Waals surface area contributed by atoms with Gasteiger partial charge < -0.3 is 19.0 Å². The van der Waals surface area contributed by atoms with E-state index in [1.54, 1.807) is 19.1 Å². The molecule has 1 aromatic heterocycles. The number of aromatic nitrogens is 2. The van der Waals surface area contributed by atoms with Gasteiger partial charge in [0.1, 0.15) is 4.91 Å². The first-order valence-corrected chi connectivity index (χ1v) is 8.46. The van der Waals surface area contributed by atoms with Crippen molar-refractivity contribution in [2.45, 2.75) is 32.1 Å². The molecule has 1 N–H and O–H groups in total. The Labute approximate surface area is 154 Å². The molecule has 0 aliphatic rings. The summed E-state index contributed by atoms with van der Waals surface area (Å²) in [5, 5.41) is 17.3. The zero-order valence-corrected chi connectivity index (χ0v) is 15.6. The van der Waals surface area contributed by atoms with E-state index in [1.165, 1.54) is 13.2 Å². The van der Waals surface area contributed by atoms with Crippen LogP contribution in [0.4, 0.5) is 0 Å². The Bertz CT molecular complexity index is 804. The topological polar surface area (TPSA) is 94.7 Å². The minimum Gasteiger partial charge on any atom is -0.493 e. The minimum atomic E-state index is -1.13. The highest BCUT2D eigenvalue weighted by molar-refractivity contribution is 8.03. The molecular weight excluding hydrogens is 368 g/mol. The van der Waals surface area contributed by atoms with Gasteiger partial charge in [-0.3, -0.25) is 0 Å². The maximum absolute atomic E-state index is 11.5. The molecule has 0 fully saturated rings. The molecule has 0 saturated heterocycles. The maximum atomic E-state index is 11.5. The van der Waals surface area contributed by atoms with E-state index in [0.717, 1.165) is 11.8 Å². The van der Waals surface area contributed by atoms with Crippen molar-refractivity contribution in [2.75, 3.05) is 7.11 Å². The lowest BCUT2D eigenvalue weighted by Crippen LogP contribution is -2.07. The summed E-state index contributed by atoms with van der Waals surface area (Å²) in [6.45, 7) is 5.36. The zero-order chi connectivity index (χ0) is 18.6. The van der Waals surface area contributed by atoms with E-state index < -0.39 is 5.97 Å². The normalized spacial score (nSPS) is 11.7. The summed E-state index contributed by atoms with van der Waals surface area (Å²) >= 11 is 7.11. The molecular formula is C16H17ClN2O5S. The Morgan fingerprint density at radius 3 is 2.64 bits per heavy atom. The van der Waals surface area contributed by atoms with Crippen molar-refractivity contribution in [1.82, 2.24) is 10.2 Å². The molecule has 134 valence electrons. The second-order valence-corrected chi connectivity index (χ2v) is 6.60. The number of hydrogen-bond donors (Lipinski definition) is 1. The number of thioether (sulfide) groups is 1. The Balaban J connectivity index is 2.38. The summed E-state index contributed by atoms with van der Waals surface area (Å²) in [5.41, 5.74) is 0.541. The summed E-state index contributed by atoms with van der Waals surface area (Å²) < 4.78 is 16.1. The number of nitrogens with zero attached hydrogens (tertiary/aromatic N) is 2. The van der Waals surface area contributed by atoms with Crippen LogP contribution < -0.4 is 9.47 Å². The van der Waals surface area contributed by atoms with Crippen LogP contribution in [0.1, 0.15) is 25.3 Å². The number of halogens is 1. The van der Waals surface area contributed by atoms with Gasteiger partial charge in [-0.25, -0.2) is 4.79 Å². The molecule has 2 aromatic rings. The minimum absolute atomic E-state index is 0.000650. The van der Waals surface area contributed by atoms with Crippen LogP contribution in [0, 0.1) is 6.92 Å². The Kier molecular flexibility index (Phi) is 6.33. The maximum Gasteiger partial charge on any atom is 0.342 e. The predicted molar refractivity (Wildman–Crippen MR) is 94.3 cm³/mol. The van der Waals surface area contributed by atoms with Crippen LogP contribution in [0.2, 0.25) is 5.02 Å². The second-order valence-electron chi connectivity index (χ2n) is 5.20. The lowest BCUT2D eigenvalue weighted by molar-refractivity contribution is -0.131. The van der Waals surface area contributed by atoms with E-state index in [4.69, 9.17) is 25.5 Å². The quantitative estimate of drug-likeness (QED) is 0.564. The zero-order valence-electron chi connectivity index (χ0n) is 14.1. The molecule has 0 atom stereocenters. The average molecular weight is 385 g/mol. The SMILES string of the molecule is COc1cc(/C=C(/Sc2nnc(C)o2)C(=O)O)cc(Cl)c1OC(C)C. The monoisotopic (exact) mass is 384 g/mol. The fourth-order valence-corrected chi connectivity index (χ4v) is 2.85. The number of rotatable bonds is 7. The molecule has 2 rings (SSSR count). The van der Waals surface area contributed by atoms with Crippen molar-refractivity contribution < 1.29 is 23.8 Å². The van der Waals surface area contributed by atoms with E-state index >= 15 is 0 Å². The fraction of sp³-hybridized carbons (Fsp3) is 0.312. The molecule has 0 bridgehead atoms. The number of methoxy groups -OCH3 is 1. The van der Waals surface area contributed by atoms with Crippen molar-refractivity contribution in [3.05, 3.63) is 33.5 Å². The number of carboxylic acids is 1. The molecule has 1 heterocycles. The third-order valence-electron chi connectivity index (χ3n) is 2.82. The van der Waals surface area contributed by atoms with Crippen LogP contribution in [-0.4, -0.2) is 34.5 Å². The van der Waals surface area contributed by atoms with Crippen molar-refractivity contribution >= 4 is 35.4 Å². The molecule has 1 aromatic carbocycles. The lowest BCUT2D eigenvalue weighted by Gasteiger charge is -2.15. The summed E-state index contributed by atoms with van der Waals surface area (Å²) in [4.78, 5) is 11.5. The fourth-order valence-electron chi connectivity index (χ4n) is 1.87. The smallest absolute Gasteiger partial charge is 0.342 e. The standard InChI is InChI=1S/C16H17ClN2O5S/c1-8(2)23-14-11(17)5-10(6-12(14)22-4)7-13(15(20)21)25-16-19-18-9(3)24-16/h5-8H,1-4H3,(H,20,21)/b13-7+. The van der Waals surface area contributed by atoms with Gasteiger partial charge in [-0.1, -0.05) is 11.6 Å². The number of aliphatic carboxylic acids is 1. The Morgan fingerprint density at radius 2 is 2.12 bits per heavy atom. The molecule has 0 amide bonds. The highest BCUT2D eigenvalue weighted by Gasteiger charge is 2.17. The van der Waals surface area contributed by atoms with Gasteiger partial charge in [-0.05, 0) is 49.4 Å². The van der Waals surface area contributed by atoms with Crippen LogP contribution in [0.3, 0.4) is 0 Å². The van der Waals surface area contributed by atoms with Crippen LogP contribution in [0.25, 0.3) is 6.08 Å². The molecule has 0 saturated carbocycles. The van der Waals surface area contributed by atoms with Gasteiger partial charge >= 0.3 is 5.97 Å². The Hall–Kier alpha value is -2.19. The second kappa shape index (κ2) is 8.26. The molecule has 0 spiro atoms. The van der Waals surface area contributed by atoms with E-state index in [0.29, 0.717) is 28.0 Å². The van der Waals surface area contributed by atoms with E-state index in [9.17, 15) is 9.90 Å². The van der Waals surface area contributed by atoms with E-state index in [1.807, 2.05) is 13.8 Å². The largest absolute Gasteiger partial charge is 0.493 e. The summed E-state index contributed by atoms with van der Waals surface area (Å²) in [7, 11) is 1.49. The Morgan fingerprint density at radius 1 is 1.40 bits per heavy atom. The summed E-state index contributed by atoms with van der Waals surface area (Å²) in [5.74, 6) is 0.0507. The molecule has 0 aliphatic heterocycles. The van der Waals surface area contributed by atoms with Crippen molar-refractivity contribution in [1.29, 1.82) is 0 Å². The first-order valence-electron chi connectivity index (χ1n) is 7.27. The number of ether oxygens (including phenoxy) is 2. The van der Waals surface area contributed by atoms with Crippen LogP contribution in [0.15, 0.2) is 26.7 Å². The predicted octanol–water partition coefficient (Wildman–Crippen LogP) is 4.05. The molecule has 7 nitrogen and oxygen atoms in total. The van der Waals surface area contributed by atoms with Crippen molar-refractivity contribution in [3.63, 3.8) is 0 Å². The average Bonchev–Trinajstić information content (AvgIpc) is 2.93. The molecule has 9 heteroatoms. The van der Waals surface area contributed by atoms with Gasteiger partial charge in [0.15, 0.2) is 11.5 Å². The number of benzene rings is 1. The van der Waals surface area contributed by atoms with Crippen LogP contribution >= 0.6 is 23.4 Å². The molecule has 0 unspecified atom stereocenters. The van der Waals surface area contributed by atoms with Gasteiger partial charge in [-0.15, -0.1) is 10.2 Å². The van der Waals surface area contributed by atoms with Crippen LogP contribution in [-0.2, 0) is 4.79 Å². The van der Waals surface area contributed by atoms with Crippen molar-refractivity contribution in [2.24, 2.45) is 0 Å². The van der Waals surface area contributed by atoms with Crippen LogP contribution in [0.5, 0.6) is 11.5 Å². The highest BCUT2D eigenvalue weighted by Crippen LogP contribution is 2.38. The van der Waals surface area contributed by atoms with Gasteiger partial charge in [0, 0.05) is 6.92 Å². The van der Waals surface area contributed by atoms with Gasteiger partial charge in [0.2, 0.25) is 5.89 Å². The van der Waals surface area contributed by atoms with Gasteiger partial charge in [0.25, 0.3) is 5.22 Å². The van der Waals surface area contributed by atoms with E-state index in [2.05, 4.69) is 10.2 Å². The highest BCUT2D eigenvalue weighted by atomic mass is 35.5. The third-order valence-corrected chi connectivity index (χ3v) is 3.95. The van der Waals surface area contributed by atoms with E-state index in [-0.39, 0.29) is 16.2 Å².